The first-order valence-corrected chi connectivity index (χ1v) is 7.74. The number of rotatable bonds is 4. The van der Waals surface area contributed by atoms with Gasteiger partial charge in [-0.1, -0.05) is 6.07 Å². The number of hydrogen-bond donors (Lipinski definition) is 2. The molecule has 23 heavy (non-hydrogen) atoms. The molecular weight excluding hydrogens is 290 g/mol. The van der Waals surface area contributed by atoms with Gasteiger partial charge in [0.15, 0.2) is 0 Å². The third-order valence-corrected chi connectivity index (χ3v) is 4.24. The SMILES string of the molecule is COc1cc(C)c(CNc2ccc3c(c2)C(=O)NCC3)c(C)n1. The van der Waals surface area contributed by atoms with Gasteiger partial charge in [-0.15, -0.1) is 0 Å². The maximum atomic E-state index is 11.9. The van der Waals surface area contributed by atoms with Gasteiger partial charge >= 0.3 is 0 Å². The van der Waals surface area contributed by atoms with Crippen LogP contribution in [0.3, 0.4) is 0 Å². The predicted molar refractivity (Wildman–Crippen MR) is 90.1 cm³/mol. The maximum absolute atomic E-state index is 11.9. The first kappa shape index (κ1) is 15.3. The number of anilines is 1. The Hall–Kier alpha value is -2.56. The minimum absolute atomic E-state index is 0.00775. The van der Waals surface area contributed by atoms with Crippen LogP contribution in [0.5, 0.6) is 5.88 Å². The average Bonchev–Trinajstić information content (AvgIpc) is 2.54. The standard InChI is InChI=1S/C18H21N3O2/c1-11-8-17(23-3)21-12(2)16(11)10-20-14-5-4-13-6-7-19-18(22)15(13)9-14/h4-5,8-9,20H,6-7,10H2,1-3H3,(H,19,22). The van der Waals surface area contributed by atoms with Crippen molar-refractivity contribution in [3.05, 3.63) is 52.2 Å². The first-order chi connectivity index (χ1) is 11.1. The Kier molecular flexibility index (Phi) is 4.19. The number of nitrogens with one attached hydrogen (secondary N) is 2. The van der Waals surface area contributed by atoms with E-state index in [9.17, 15) is 4.79 Å². The van der Waals surface area contributed by atoms with Gasteiger partial charge in [0.05, 0.1) is 7.11 Å². The second kappa shape index (κ2) is 6.28. The summed E-state index contributed by atoms with van der Waals surface area (Å²) in [4.78, 5) is 16.3. The molecule has 3 rings (SSSR count). The lowest BCUT2D eigenvalue weighted by molar-refractivity contribution is 0.0946. The van der Waals surface area contributed by atoms with Gasteiger partial charge in [0.2, 0.25) is 5.88 Å². The molecule has 0 bridgehead atoms. The molecule has 1 amide bonds. The summed E-state index contributed by atoms with van der Waals surface area (Å²) in [5, 5.41) is 6.27. The molecule has 0 saturated carbocycles. The Morgan fingerprint density at radius 3 is 2.87 bits per heavy atom. The van der Waals surface area contributed by atoms with E-state index in [4.69, 9.17) is 4.74 Å². The van der Waals surface area contributed by atoms with Crippen LogP contribution in [0.4, 0.5) is 5.69 Å². The van der Waals surface area contributed by atoms with Crippen LogP contribution in [0, 0.1) is 13.8 Å². The molecular formula is C18H21N3O2. The maximum Gasteiger partial charge on any atom is 0.251 e. The Labute approximate surface area is 136 Å². The topological polar surface area (TPSA) is 63.2 Å². The summed E-state index contributed by atoms with van der Waals surface area (Å²) in [5.41, 5.74) is 6.05. The number of carbonyl (C=O) groups is 1. The number of aryl methyl sites for hydroxylation is 2. The van der Waals surface area contributed by atoms with Crippen molar-refractivity contribution in [2.75, 3.05) is 19.0 Å². The van der Waals surface area contributed by atoms with Gasteiger partial charge < -0.3 is 15.4 Å². The van der Waals surface area contributed by atoms with E-state index in [1.165, 1.54) is 0 Å². The van der Waals surface area contributed by atoms with Gasteiger partial charge in [-0.25, -0.2) is 4.98 Å². The second-order valence-corrected chi connectivity index (χ2v) is 5.78. The Bertz CT molecular complexity index is 733. The Morgan fingerprint density at radius 1 is 1.30 bits per heavy atom. The number of pyridine rings is 1. The van der Waals surface area contributed by atoms with Crippen LogP contribution in [0.1, 0.15) is 32.7 Å². The molecule has 1 aliphatic heterocycles. The lowest BCUT2D eigenvalue weighted by Crippen LogP contribution is -2.31. The zero-order valence-corrected chi connectivity index (χ0v) is 13.7. The number of fused-ring (bicyclic) bond motifs is 1. The van der Waals surface area contributed by atoms with Crippen LogP contribution in [0.25, 0.3) is 0 Å². The van der Waals surface area contributed by atoms with Crippen LogP contribution in [0.15, 0.2) is 24.3 Å². The molecule has 0 aliphatic carbocycles. The molecule has 1 aliphatic rings. The van der Waals surface area contributed by atoms with E-state index < -0.39 is 0 Å². The van der Waals surface area contributed by atoms with Gasteiger partial charge in [-0.3, -0.25) is 4.79 Å². The smallest absolute Gasteiger partial charge is 0.251 e. The first-order valence-electron chi connectivity index (χ1n) is 7.74. The highest BCUT2D eigenvalue weighted by atomic mass is 16.5. The summed E-state index contributed by atoms with van der Waals surface area (Å²) >= 11 is 0. The molecule has 0 radical (unpaired) electrons. The third-order valence-electron chi connectivity index (χ3n) is 4.24. The van der Waals surface area contributed by atoms with Crippen molar-refractivity contribution < 1.29 is 9.53 Å². The van der Waals surface area contributed by atoms with E-state index in [0.29, 0.717) is 19.0 Å². The molecule has 120 valence electrons. The fourth-order valence-electron chi connectivity index (χ4n) is 2.91. The van der Waals surface area contributed by atoms with Crippen molar-refractivity contribution in [1.29, 1.82) is 0 Å². The van der Waals surface area contributed by atoms with Crippen molar-refractivity contribution in [2.24, 2.45) is 0 Å². The number of carbonyl (C=O) groups excluding carboxylic acids is 1. The van der Waals surface area contributed by atoms with E-state index in [1.54, 1.807) is 7.11 Å². The van der Waals surface area contributed by atoms with Gasteiger partial charge in [-0.2, -0.15) is 0 Å². The van der Waals surface area contributed by atoms with Crippen LogP contribution < -0.4 is 15.4 Å². The van der Waals surface area contributed by atoms with Gasteiger partial charge in [0.25, 0.3) is 5.91 Å². The quantitative estimate of drug-likeness (QED) is 0.911. The normalized spacial score (nSPS) is 13.3. The fraction of sp³-hybridized carbons (Fsp3) is 0.333. The number of benzene rings is 1. The molecule has 5 nitrogen and oxygen atoms in total. The largest absolute Gasteiger partial charge is 0.481 e. The number of ether oxygens (including phenoxy) is 1. The van der Waals surface area contributed by atoms with E-state index >= 15 is 0 Å². The fourth-order valence-corrected chi connectivity index (χ4v) is 2.91. The molecule has 0 fully saturated rings. The summed E-state index contributed by atoms with van der Waals surface area (Å²) in [6, 6.07) is 7.91. The van der Waals surface area contributed by atoms with Crippen LogP contribution in [-0.2, 0) is 13.0 Å². The highest BCUT2D eigenvalue weighted by molar-refractivity contribution is 5.97. The summed E-state index contributed by atoms with van der Waals surface area (Å²) < 4.78 is 5.19. The molecule has 2 N–H and O–H groups in total. The van der Waals surface area contributed by atoms with Gasteiger partial charge in [0.1, 0.15) is 0 Å². The highest BCUT2D eigenvalue weighted by Gasteiger charge is 2.16. The van der Waals surface area contributed by atoms with Crippen molar-refractivity contribution in [3.8, 4) is 5.88 Å². The van der Waals surface area contributed by atoms with E-state index in [2.05, 4.69) is 22.5 Å². The molecule has 0 atom stereocenters. The Morgan fingerprint density at radius 2 is 2.13 bits per heavy atom. The summed E-state index contributed by atoms with van der Waals surface area (Å²) in [6.45, 7) is 5.41. The average molecular weight is 311 g/mol. The summed E-state index contributed by atoms with van der Waals surface area (Å²) in [6.07, 6.45) is 0.891. The zero-order valence-electron chi connectivity index (χ0n) is 13.7. The molecule has 1 aromatic heterocycles. The second-order valence-electron chi connectivity index (χ2n) is 5.78. The van der Waals surface area contributed by atoms with Gasteiger partial charge in [0, 0.05) is 36.1 Å². The number of methoxy groups -OCH3 is 1. The lowest BCUT2D eigenvalue weighted by atomic mass is 9.99. The van der Waals surface area contributed by atoms with E-state index in [1.807, 2.05) is 31.2 Å². The van der Waals surface area contributed by atoms with E-state index in [0.717, 1.165) is 40.1 Å². The van der Waals surface area contributed by atoms with Crippen molar-refractivity contribution in [1.82, 2.24) is 10.3 Å². The monoisotopic (exact) mass is 311 g/mol. The molecule has 1 aromatic carbocycles. The molecule has 2 aromatic rings. The molecule has 0 spiro atoms. The summed E-state index contributed by atoms with van der Waals surface area (Å²) in [5.74, 6) is 0.641. The summed E-state index contributed by atoms with van der Waals surface area (Å²) in [7, 11) is 1.62. The molecule has 0 unspecified atom stereocenters. The van der Waals surface area contributed by atoms with Crippen LogP contribution in [-0.4, -0.2) is 24.5 Å². The van der Waals surface area contributed by atoms with Crippen molar-refractivity contribution >= 4 is 11.6 Å². The van der Waals surface area contributed by atoms with Crippen LogP contribution >= 0.6 is 0 Å². The number of hydrogen-bond acceptors (Lipinski definition) is 4. The molecule has 5 heteroatoms. The predicted octanol–water partition coefficient (Wildman–Crippen LogP) is 2.61. The lowest BCUT2D eigenvalue weighted by Gasteiger charge is -2.18. The minimum atomic E-state index is 0.00775. The highest BCUT2D eigenvalue weighted by Crippen LogP contribution is 2.22. The van der Waals surface area contributed by atoms with Gasteiger partial charge in [-0.05, 0) is 49.1 Å². The molecule has 0 saturated heterocycles. The third kappa shape index (κ3) is 3.13. The number of amides is 1. The van der Waals surface area contributed by atoms with Crippen LogP contribution in [0.2, 0.25) is 0 Å². The minimum Gasteiger partial charge on any atom is -0.481 e. The van der Waals surface area contributed by atoms with E-state index in [-0.39, 0.29) is 5.91 Å². The Balaban J connectivity index is 1.79. The number of aromatic nitrogens is 1. The van der Waals surface area contributed by atoms with Crippen molar-refractivity contribution in [2.45, 2.75) is 26.8 Å². The molecule has 2 heterocycles. The number of nitrogens with zero attached hydrogens (tertiary/aromatic N) is 1. The van der Waals surface area contributed by atoms with Crippen molar-refractivity contribution in [3.63, 3.8) is 0 Å². The zero-order chi connectivity index (χ0) is 16.4.